The summed E-state index contributed by atoms with van der Waals surface area (Å²) in [5.41, 5.74) is 3.65. The van der Waals surface area contributed by atoms with E-state index in [1.54, 1.807) is 17.2 Å². The van der Waals surface area contributed by atoms with Crippen LogP contribution in [0.25, 0.3) is 0 Å². The molecule has 35 heavy (non-hydrogen) atoms. The number of aromatic nitrogens is 4. The number of anilines is 3. The number of ether oxygens (including phenoxy) is 1. The van der Waals surface area contributed by atoms with Gasteiger partial charge in [0.2, 0.25) is 0 Å². The van der Waals surface area contributed by atoms with Crippen molar-refractivity contribution < 1.29 is 9.53 Å². The Hall–Kier alpha value is -3.33. The van der Waals surface area contributed by atoms with Crippen molar-refractivity contribution in [1.82, 2.24) is 19.7 Å². The normalized spacial score (nSPS) is 20.9. The molecule has 1 saturated heterocycles. The molecular weight excluding hydrogens is 466 g/mol. The fourth-order valence-corrected chi connectivity index (χ4v) is 5.78. The van der Waals surface area contributed by atoms with Gasteiger partial charge in [0, 0.05) is 37.1 Å². The van der Waals surface area contributed by atoms with E-state index in [1.165, 1.54) is 0 Å². The van der Waals surface area contributed by atoms with Crippen LogP contribution in [-0.4, -0.2) is 51.4 Å². The van der Waals surface area contributed by atoms with Crippen LogP contribution in [-0.2, 0) is 19.9 Å². The number of aryl methyl sites for hydroxylation is 1. The number of hydrogen-bond acceptors (Lipinski definition) is 8. The second kappa shape index (κ2) is 9.03. The molecule has 0 spiro atoms. The molecule has 0 bridgehead atoms. The molecule has 2 atom stereocenters. The molecule has 182 valence electrons. The fourth-order valence-electron chi connectivity index (χ4n) is 5.53. The van der Waals surface area contributed by atoms with Gasteiger partial charge in [-0.2, -0.15) is 5.10 Å². The summed E-state index contributed by atoms with van der Waals surface area (Å²) in [6.45, 7) is 2.14. The van der Waals surface area contributed by atoms with E-state index in [2.05, 4.69) is 30.6 Å². The Bertz CT molecular complexity index is 1260. The lowest BCUT2D eigenvalue weighted by atomic mass is 9.80. The molecule has 9 nitrogen and oxygen atoms in total. The number of fused-ring (bicyclic) bond motifs is 2. The van der Waals surface area contributed by atoms with Crippen molar-refractivity contribution in [1.29, 1.82) is 0 Å². The minimum absolute atomic E-state index is 0.100. The van der Waals surface area contributed by atoms with E-state index in [0.717, 1.165) is 72.1 Å². The first-order chi connectivity index (χ1) is 17.1. The lowest BCUT2D eigenvalue weighted by molar-refractivity contribution is 0.0898. The Balaban J connectivity index is 1.17. The minimum Gasteiger partial charge on any atom is -0.491 e. The third kappa shape index (κ3) is 3.97. The Morgan fingerprint density at radius 3 is 3.00 bits per heavy atom. The summed E-state index contributed by atoms with van der Waals surface area (Å²) in [5, 5.41) is 11.4. The summed E-state index contributed by atoms with van der Waals surface area (Å²) in [6, 6.07) is 6.04. The third-order valence-corrected chi connectivity index (χ3v) is 7.71. The van der Waals surface area contributed by atoms with Crippen molar-refractivity contribution in [2.24, 2.45) is 13.0 Å². The van der Waals surface area contributed by atoms with Crippen LogP contribution < -0.4 is 20.3 Å². The Kier molecular flexibility index (Phi) is 5.72. The number of halogens is 1. The Morgan fingerprint density at radius 2 is 2.14 bits per heavy atom. The van der Waals surface area contributed by atoms with Gasteiger partial charge >= 0.3 is 0 Å². The van der Waals surface area contributed by atoms with Crippen LogP contribution in [0.2, 0.25) is 5.02 Å². The zero-order valence-electron chi connectivity index (χ0n) is 19.6. The summed E-state index contributed by atoms with van der Waals surface area (Å²) in [7, 11) is 1.86. The lowest BCUT2D eigenvalue weighted by Crippen LogP contribution is -2.35. The van der Waals surface area contributed by atoms with Crippen LogP contribution in [0.1, 0.15) is 40.9 Å². The van der Waals surface area contributed by atoms with Crippen LogP contribution in [0.4, 0.5) is 17.3 Å². The first-order valence-electron chi connectivity index (χ1n) is 12.1. The van der Waals surface area contributed by atoms with E-state index in [-0.39, 0.29) is 17.7 Å². The molecule has 1 aromatic carbocycles. The van der Waals surface area contributed by atoms with E-state index in [1.807, 2.05) is 25.2 Å². The largest absolute Gasteiger partial charge is 0.491 e. The summed E-state index contributed by atoms with van der Waals surface area (Å²) in [4.78, 5) is 24.6. The molecule has 2 unspecified atom stereocenters. The van der Waals surface area contributed by atoms with Crippen LogP contribution in [0.15, 0.2) is 30.7 Å². The van der Waals surface area contributed by atoms with Gasteiger partial charge in [0.1, 0.15) is 24.4 Å². The quantitative estimate of drug-likeness (QED) is 0.536. The molecule has 0 radical (unpaired) electrons. The van der Waals surface area contributed by atoms with Gasteiger partial charge in [-0.1, -0.05) is 23.7 Å². The molecule has 2 aromatic heterocycles. The molecule has 0 saturated carbocycles. The maximum absolute atomic E-state index is 13.4. The van der Waals surface area contributed by atoms with Crippen LogP contribution >= 0.6 is 11.6 Å². The molecule has 2 N–H and O–H groups in total. The molecule has 0 amide bonds. The predicted octanol–water partition coefficient (Wildman–Crippen LogP) is 3.69. The first kappa shape index (κ1) is 22.2. The molecule has 1 aliphatic carbocycles. The zero-order valence-corrected chi connectivity index (χ0v) is 20.4. The first-order valence-corrected chi connectivity index (χ1v) is 12.5. The number of carbonyl (C=O) groups excluding carboxylic acids is 1. The third-order valence-electron chi connectivity index (χ3n) is 7.39. The van der Waals surface area contributed by atoms with Crippen molar-refractivity contribution in [2.45, 2.75) is 38.1 Å². The minimum atomic E-state index is -0.100. The van der Waals surface area contributed by atoms with Crippen molar-refractivity contribution in [3.8, 4) is 5.75 Å². The zero-order chi connectivity index (χ0) is 23.9. The average Bonchev–Trinajstić information content (AvgIpc) is 3.61. The number of nitrogens with one attached hydrogen (secondary N) is 2. The summed E-state index contributed by atoms with van der Waals surface area (Å²) < 4.78 is 8.14. The molecular formula is C25H28ClN7O2. The standard InChI is InChI=1S/C25H28ClN7O2/c1-32-20(19(26)11-31-32)10-15-7-8-17-18(23(15)34)5-2-6-21(17)35-12-16-4-3-9-33(16)25-22-24(28-13-27-22)29-14-30-25/h2,5-6,11,14-16,27H,3-4,7-10,12-13H2,1H3,(H,28,29,30). The van der Waals surface area contributed by atoms with E-state index in [0.29, 0.717) is 24.7 Å². The smallest absolute Gasteiger partial charge is 0.166 e. The van der Waals surface area contributed by atoms with Gasteiger partial charge in [-0.05, 0) is 31.7 Å². The topological polar surface area (TPSA) is 97.2 Å². The molecule has 3 aromatic rings. The van der Waals surface area contributed by atoms with Gasteiger partial charge in [-0.25, -0.2) is 9.97 Å². The van der Waals surface area contributed by atoms with E-state index in [4.69, 9.17) is 16.3 Å². The predicted molar refractivity (Wildman–Crippen MR) is 135 cm³/mol. The molecule has 2 aliphatic heterocycles. The highest BCUT2D eigenvalue weighted by atomic mass is 35.5. The number of rotatable bonds is 6. The number of hydrogen-bond donors (Lipinski definition) is 2. The van der Waals surface area contributed by atoms with Crippen molar-refractivity contribution in [3.63, 3.8) is 0 Å². The van der Waals surface area contributed by atoms with Crippen LogP contribution in [0.5, 0.6) is 5.75 Å². The Labute approximate surface area is 208 Å². The maximum atomic E-state index is 13.4. The van der Waals surface area contributed by atoms with Gasteiger partial charge in [-0.15, -0.1) is 0 Å². The van der Waals surface area contributed by atoms with Crippen LogP contribution in [0.3, 0.4) is 0 Å². The number of nitrogens with zero attached hydrogens (tertiary/aromatic N) is 5. The molecule has 3 aliphatic rings. The number of carbonyl (C=O) groups is 1. The van der Waals surface area contributed by atoms with Gasteiger partial charge in [0.05, 0.1) is 29.6 Å². The van der Waals surface area contributed by atoms with Crippen molar-refractivity contribution in [3.05, 3.63) is 52.6 Å². The van der Waals surface area contributed by atoms with Crippen LogP contribution in [0, 0.1) is 5.92 Å². The average molecular weight is 494 g/mol. The van der Waals surface area contributed by atoms with Crippen molar-refractivity contribution >= 4 is 34.7 Å². The number of Topliss-reactive ketones (excluding diaryl/α,β-unsaturated/α-hetero) is 1. The lowest BCUT2D eigenvalue weighted by Gasteiger charge is -2.28. The molecule has 10 heteroatoms. The Morgan fingerprint density at radius 1 is 1.23 bits per heavy atom. The van der Waals surface area contributed by atoms with E-state index in [9.17, 15) is 4.79 Å². The summed E-state index contributed by atoms with van der Waals surface area (Å²) in [5.74, 6) is 2.64. The highest BCUT2D eigenvalue weighted by Gasteiger charge is 2.33. The summed E-state index contributed by atoms with van der Waals surface area (Å²) >= 11 is 6.29. The van der Waals surface area contributed by atoms with Crippen molar-refractivity contribution in [2.75, 3.05) is 35.4 Å². The molecule has 1 fully saturated rings. The van der Waals surface area contributed by atoms with Gasteiger partial charge in [-0.3, -0.25) is 9.48 Å². The molecule has 4 heterocycles. The van der Waals surface area contributed by atoms with Gasteiger partial charge in [0.25, 0.3) is 0 Å². The monoisotopic (exact) mass is 493 g/mol. The highest BCUT2D eigenvalue weighted by Crippen LogP contribution is 2.37. The summed E-state index contributed by atoms with van der Waals surface area (Å²) in [6.07, 6.45) is 7.55. The fraction of sp³-hybridized carbons (Fsp3) is 0.440. The SMILES string of the molecule is Cn1ncc(Cl)c1CC1CCc2c(OCC3CCCN3c3ncnc4c3NCN4)cccc2C1=O. The van der Waals surface area contributed by atoms with Gasteiger partial charge in [0.15, 0.2) is 17.4 Å². The second-order valence-corrected chi connectivity index (χ2v) is 9.81. The van der Waals surface area contributed by atoms with E-state index >= 15 is 0 Å². The molecule has 6 rings (SSSR count). The van der Waals surface area contributed by atoms with E-state index < -0.39 is 0 Å². The number of ketones is 1. The number of benzene rings is 1. The second-order valence-electron chi connectivity index (χ2n) is 9.40. The highest BCUT2D eigenvalue weighted by molar-refractivity contribution is 6.31. The maximum Gasteiger partial charge on any atom is 0.166 e. The van der Waals surface area contributed by atoms with Gasteiger partial charge < -0.3 is 20.3 Å².